The van der Waals surface area contributed by atoms with Crippen LogP contribution in [-0.4, -0.2) is 47.3 Å². The molecule has 0 aromatic heterocycles. The van der Waals surface area contributed by atoms with Gasteiger partial charge in [-0.3, -0.25) is 9.59 Å². The van der Waals surface area contributed by atoms with Gasteiger partial charge in [0.1, 0.15) is 0 Å². The van der Waals surface area contributed by atoms with Crippen LogP contribution in [0.3, 0.4) is 0 Å². The highest BCUT2D eigenvalue weighted by molar-refractivity contribution is 6.31. The first-order valence-corrected chi connectivity index (χ1v) is 9.33. The maximum atomic E-state index is 12.5. The van der Waals surface area contributed by atoms with E-state index in [9.17, 15) is 14.7 Å². The lowest BCUT2D eigenvalue weighted by Crippen LogP contribution is -2.68. The van der Waals surface area contributed by atoms with E-state index < -0.39 is 17.2 Å². The summed E-state index contributed by atoms with van der Waals surface area (Å²) >= 11 is 6.05. The lowest BCUT2D eigenvalue weighted by molar-refractivity contribution is -0.129. The second-order valence-electron chi connectivity index (χ2n) is 7.69. The molecule has 9 heteroatoms. The molecule has 0 saturated heterocycles. The van der Waals surface area contributed by atoms with Gasteiger partial charge in [-0.2, -0.15) is 0 Å². The first-order chi connectivity index (χ1) is 12.8. The van der Waals surface area contributed by atoms with Crippen molar-refractivity contribution in [2.75, 3.05) is 18.5 Å². The number of fused-ring (bicyclic) bond motifs is 4. The van der Waals surface area contributed by atoms with Crippen molar-refractivity contribution in [2.45, 2.75) is 49.3 Å². The van der Waals surface area contributed by atoms with Gasteiger partial charge >= 0.3 is 0 Å². The van der Waals surface area contributed by atoms with Crippen LogP contribution in [0.1, 0.15) is 32.1 Å². The number of nitrogens with one attached hydrogen (secondary N) is 2. The number of nitrogens with two attached hydrogens (primary N) is 1. The molecule has 4 aliphatic rings. The number of hydrogen-bond donors (Lipinski definition) is 4. The molecule has 5 N–H and O–H groups in total. The van der Waals surface area contributed by atoms with Crippen LogP contribution in [0.15, 0.2) is 12.1 Å². The monoisotopic (exact) mass is 395 g/mol. The van der Waals surface area contributed by atoms with E-state index in [-0.39, 0.29) is 25.0 Å². The molecule has 1 aromatic rings. The fourth-order valence-electron chi connectivity index (χ4n) is 4.20. The number of carbonyl (C=O) groups excluding carboxylic acids is 2. The number of rotatable bonds is 4. The lowest BCUT2D eigenvalue weighted by atomic mass is 9.60. The van der Waals surface area contributed by atoms with Crippen LogP contribution < -0.4 is 25.8 Å². The molecule has 27 heavy (non-hydrogen) atoms. The van der Waals surface area contributed by atoms with Crippen molar-refractivity contribution in [1.29, 1.82) is 0 Å². The van der Waals surface area contributed by atoms with Crippen molar-refractivity contribution >= 4 is 29.1 Å². The first kappa shape index (κ1) is 18.3. The Morgan fingerprint density at radius 3 is 2.85 bits per heavy atom. The maximum Gasteiger partial charge on any atom is 0.262 e. The van der Waals surface area contributed by atoms with Crippen molar-refractivity contribution in [2.24, 2.45) is 5.73 Å². The molecule has 1 unspecified atom stereocenters. The molecule has 1 atom stereocenters. The largest absolute Gasteiger partial charge is 0.480 e. The van der Waals surface area contributed by atoms with Gasteiger partial charge in [0.15, 0.2) is 24.7 Å². The Balaban J connectivity index is 1.41. The number of anilines is 1. The van der Waals surface area contributed by atoms with E-state index in [4.69, 9.17) is 26.8 Å². The van der Waals surface area contributed by atoms with Crippen molar-refractivity contribution < 1.29 is 24.2 Å². The van der Waals surface area contributed by atoms with Gasteiger partial charge in [-0.1, -0.05) is 11.6 Å². The minimum Gasteiger partial charge on any atom is -0.480 e. The van der Waals surface area contributed by atoms with Crippen molar-refractivity contribution in [1.82, 2.24) is 5.32 Å². The number of aliphatic hydroxyl groups is 1. The van der Waals surface area contributed by atoms with Gasteiger partial charge in [-0.25, -0.2) is 0 Å². The summed E-state index contributed by atoms with van der Waals surface area (Å²) in [5.74, 6) is 0.0703. The molecule has 1 aromatic carbocycles. The minimum atomic E-state index is -0.613. The molecule has 8 nitrogen and oxygen atoms in total. The third kappa shape index (κ3) is 3.44. The third-order valence-corrected chi connectivity index (χ3v) is 6.01. The molecule has 3 aliphatic carbocycles. The van der Waals surface area contributed by atoms with E-state index in [0.29, 0.717) is 41.5 Å². The van der Waals surface area contributed by atoms with Crippen LogP contribution in [0.4, 0.5) is 5.69 Å². The van der Waals surface area contributed by atoms with Gasteiger partial charge in [-0.15, -0.1) is 0 Å². The van der Waals surface area contributed by atoms with E-state index in [2.05, 4.69) is 10.6 Å². The summed E-state index contributed by atoms with van der Waals surface area (Å²) in [7, 11) is 0. The van der Waals surface area contributed by atoms with E-state index in [1.807, 2.05) is 0 Å². The Hall–Kier alpha value is -2.03. The number of amides is 2. The number of carbonyl (C=O) groups is 2. The van der Waals surface area contributed by atoms with Crippen molar-refractivity contribution in [3.8, 4) is 11.5 Å². The molecule has 3 fully saturated rings. The Morgan fingerprint density at radius 1 is 1.41 bits per heavy atom. The smallest absolute Gasteiger partial charge is 0.262 e. The summed E-state index contributed by atoms with van der Waals surface area (Å²) in [6.45, 7) is -0.352. The Kier molecular flexibility index (Phi) is 4.44. The second kappa shape index (κ2) is 6.54. The summed E-state index contributed by atoms with van der Waals surface area (Å²) < 4.78 is 11.0. The first-order valence-electron chi connectivity index (χ1n) is 8.96. The van der Waals surface area contributed by atoms with Crippen LogP contribution >= 0.6 is 11.6 Å². The Labute approximate surface area is 161 Å². The van der Waals surface area contributed by atoms with Crippen molar-refractivity contribution in [3.05, 3.63) is 17.2 Å². The highest BCUT2D eigenvalue weighted by atomic mass is 35.5. The fraction of sp³-hybridized carbons (Fsp3) is 0.556. The van der Waals surface area contributed by atoms with Gasteiger partial charge in [0, 0.05) is 22.2 Å². The minimum absolute atomic E-state index is 0.126. The zero-order valence-electron chi connectivity index (χ0n) is 14.7. The number of aliphatic hydroxyl groups excluding tert-OH is 1. The van der Waals surface area contributed by atoms with Crippen LogP contribution in [0, 0.1) is 0 Å². The molecule has 5 rings (SSSR count). The lowest BCUT2D eigenvalue weighted by Gasteiger charge is -2.54. The van der Waals surface area contributed by atoms with E-state index in [1.54, 1.807) is 6.07 Å². The molecule has 2 amide bonds. The molecule has 0 radical (unpaired) electrons. The van der Waals surface area contributed by atoms with Crippen LogP contribution in [0.2, 0.25) is 5.02 Å². The summed E-state index contributed by atoms with van der Waals surface area (Å²) in [6.07, 6.45) is 2.70. The number of hydrogen-bond acceptors (Lipinski definition) is 6. The molecule has 1 heterocycles. The normalized spacial score (nSPS) is 31.5. The highest BCUT2D eigenvalue weighted by Crippen LogP contribution is 2.45. The Bertz CT molecular complexity index is 791. The fourth-order valence-corrected chi connectivity index (χ4v) is 4.41. The summed E-state index contributed by atoms with van der Waals surface area (Å²) in [5, 5.41) is 16.3. The molecule has 146 valence electrons. The van der Waals surface area contributed by atoms with Crippen LogP contribution in [0.25, 0.3) is 0 Å². The van der Waals surface area contributed by atoms with Gasteiger partial charge in [-0.05, 0) is 38.2 Å². The molecule has 0 spiro atoms. The zero-order chi connectivity index (χ0) is 19.2. The second-order valence-corrected chi connectivity index (χ2v) is 8.12. The molecule has 1 aliphatic heterocycles. The average molecular weight is 396 g/mol. The van der Waals surface area contributed by atoms with E-state index in [1.165, 1.54) is 6.07 Å². The standard InChI is InChI=1S/C18H22ClN3O5/c19-10-5-11-16(27-8-14(24)21-11)12(6-10)26-9-15(25)22-17-1-3-18(20,4-2-17)13(23)7-17/h5-6,13,23H,1-4,7-9,20H2,(H,21,24)(H,22,25). The third-order valence-electron chi connectivity index (χ3n) is 5.79. The number of halogens is 1. The van der Waals surface area contributed by atoms with Crippen molar-refractivity contribution in [3.63, 3.8) is 0 Å². The topological polar surface area (TPSA) is 123 Å². The van der Waals surface area contributed by atoms with Gasteiger partial charge < -0.3 is 30.9 Å². The number of benzene rings is 1. The summed E-state index contributed by atoms with van der Waals surface area (Å²) in [6, 6.07) is 3.10. The van der Waals surface area contributed by atoms with Crippen LogP contribution in [0.5, 0.6) is 11.5 Å². The zero-order valence-corrected chi connectivity index (χ0v) is 15.5. The quantitative estimate of drug-likeness (QED) is 0.601. The van der Waals surface area contributed by atoms with E-state index >= 15 is 0 Å². The SMILES string of the molecule is NC12CCC(NC(=O)COc3cc(Cl)cc4c3OCC(=O)N4)(CC1)CC2O. The maximum absolute atomic E-state index is 12.5. The summed E-state index contributed by atoms with van der Waals surface area (Å²) in [4.78, 5) is 23.9. The van der Waals surface area contributed by atoms with Crippen LogP contribution in [-0.2, 0) is 9.59 Å². The molecule has 3 saturated carbocycles. The van der Waals surface area contributed by atoms with Gasteiger partial charge in [0.25, 0.3) is 11.8 Å². The summed E-state index contributed by atoms with van der Waals surface area (Å²) in [5.41, 5.74) is 5.67. The average Bonchev–Trinajstić information content (AvgIpc) is 2.61. The van der Waals surface area contributed by atoms with E-state index in [0.717, 1.165) is 12.8 Å². The molecular weight excluding hydrogens is 374 g/mol. The molecular formula is C18H22ClN3O5. The Morgan fingerprint density at radius 2 is 2.15 bits per heavy atom. The highest BCUT2D eigenvalue weighted by Gasteiger charge is 2.52. The predicted molar refractivity (Wildman–Crippen MR) is 98.0 cm³/mol. The van der Waals surface area contributed by atoms with Gasteiger partial charge in [0.05, 0.1) is 11.8 Å². The van der Waals surface area contributed by atoms with Gasteiger partial charge in [0.2, 0.25) is 0 Å². The predicted octanol–water partition coefficient (Wildman–Crippen LogP) is 0.941. The number of ether oxygens (including phenoxy) is 2. The molecule has 2 bridgehead atoms.